The van der Waals surface area contributed by atoms with E-state index in [9.17, 15) is 9.59 Å². The molecule has 2 aliphatic rings. The second-order valence-corrected chi connectivity index (χ2v) is 8.90. The number of amides is 1. The minimum absolute atomic E-state index is 0.0340. The van der Waals surface area contributed by atoms with Crippen molar-refractivity contribution in [3.8, 4) is 23.0 Å². The summed E-state index contributed by atoms with van der Waals surface area (Å²) in [4.78, 5) is 30.1. The molecule has 194 valence electrons. The van der Waals surface area contributed by atoms with E-state index in [0.717, 1.165) is 43.3 Å². The lowest BCUT2D eigenvalue weighted by Gasteiger charge is -2.36. The maximum atomic E-state index is 12.9. The highest BCUT2D eigenvalue weighted by atomic mass is 16.7. The number of aromatic nitrogens is 1. The molecular formula is C27H30N4O6. The summed E-state index contributed by atoms with van der Waals surface area (Å²) in [6, 6.07) is 14.9. The van der Waals surface area contributed by atoms with Crippen molar-refractivity contribution in [1.29, 1.82) is 0 Å². The maximum absolute atomic E-state index is 12.9. The Morgan fingerprint density at radius 1 is 0.946 bits per heavy atom. The predicted octanol–water partition coefficient (Wildman–Crippen LogP) is 2.56. The SMILES string of the molecule is COc1ccc(N2CCN(Cc3cc(=O)c(OC)cn3CC(=O)Nc3ccc4c(c3)OCO4)CC2)cc1. The smallest absolute Gasteiger partial charge is 0.244 e. The Morgan fingerprint density at radius 2 is 1.70 bits per heavy atom. The van der Waals surface area contributed by atoms with Crippen molar-refractivity contribution in [2.45, 2.75) is 13.1 Å². The number of nitrogens with zero attached hydrogens (tertiary/aromatic N) is 3. The first-order valence-electron chi connectivity index (χ1n) is 12.1. The number of carbonyl (C=O) groups is 1. The van der Waals surface area contributed by atoms with Gasteiger partial charge in [0.25, 0.3) is 0 Å². The summed E-state index contributed by atoms with van der Waals surface area (Å²) in [6.07, 6.45) is 1.60. The van der Waals surface area contributed by atoms with Crippen LogP contribution in [-0.4, -0.2) is 62.6 Å². The third-order valence-electron chi connectivity index (χ3n) is 6.57. The fraction of sp³-hybridized carbons (Fsp3) is 0.333. The fourth-order valence-electron chi connectivity index (χ4n) is 4.55. The van der Waals surface area contributed by atoms with E-state index in [0.29, 0.717) is 23.7 Å². The number of hydrogen-bond acceptors (Lipinski definition) is 8. The molecule has 0 unspecified atom stereocenters. The Bertz CT molecular complexity index is 1320. The number of nitrogens with one attached hydrogen (secondary N) is 1. The van der Waals surface area contributed by atoms with Crippen molar-refractivity contribution in [3.63, 3.8) is 0 Å². The summed E-state index contributed by atoms with van der Waals surface area (Å²) < 4.78 is 23.0. The fourth-order valence-corrected chi connectivity index (χ4v) is 4.55. The number of hydrogen-bond donors (Lipinski definition) is 1. The van der Waals surface area contributed by atoms with Crippen molar-refractivity contribution >= 4 is 17.3 Å². The number of anilines is 2. The van der Waals surface area contributed by atoms with E-state index in [1.165, 1.54) is 7.11 Å². The summed E-state index contributed by atoms with van der Waals surface area (Å²) in [5, 5.41) is 2.89. The van der Waals surface area contributed by atoms with Gasteiger partial charge >= 0.3 is 0 Å². The van der Waals surface area contributed by atoms with Crippen LogP contribution in [0.2, 0.25) is 0 Å². The molecule has 1 amide bonds. The molecule has 10 heteroatoms. The van der Waals surface area contributed by atoms with E-state index in [-0.39, 0.29) is 30.4 Å². The Kier molecular flexibility index (Phi) is 7.18. The first kappa shape index (κ1) is 24.5. The van der Waals surface area contributed by atoms with Crippen LogP contribution in [0.5, 0.6) is 23.0 Å². The summed E-state index contributed by atoms with van der Waals surface area (Å²) >= 11 is 0. The number of piperazine rings is 1. The van der Waals surface area contributed by atoms with E-state index < -0.39 is 0 Å². The Balaban J connectivity index is 1.25. The predicted molar refractivity (Wildman–Crippen MR) is 139 cm³/mol. The molecule has 0 aliphatic carbocycles. The van der Waals surface area contributed by atoms with Gasteiger partial charge in [-0.3, -0.25) is 14.5 Å². The number of pyridine rings is 1. The number of rotatable bonds is 8. The molecule has 2 aliphatic heterocycles. The lowest BCUT2D eigenvalue weighted by Crippen LogP contribution is -2.46. The van der Waals surface area contributed by atoms with Crippen molar-refractivity contribution in [2.24, 2.45) is 0 Å². The van der Waals surface area contributed by atoms with Gasteiger partial charge in [0, 0.05) is 61.9 Å². The molecule has 0 atom stereocenters. The van der Waals surface area contributed by atoms with Gasteiger partial charge in [0.2, 0.25) is 18.1 Å². The van der Waals surface area contributed by atoms with Gasteiger partial charge in [-0.05, 0) is 36.4 Å². The largest absolute Gasteiger partial charge is 0.497 e. The van der Waals surface area contributed by atoms with Crippen LogP contribution in [0.1, 0.15) is 5.69 Å². The zero-order valence-corrected chi connectivity index (χ0v) is 20.9. The summed E-state index contributed by atoms with van der Waals surface area (Å²) in [6.45, 7) is 4.13. The average Bonchev–Trinajstić information content (AvgIpc) is 3.38. The molecule has 0 spiro atoms. The van der Waals surface area contributed by atoms with Gasteiger partial charge in [-0.1, -0.05) is 0 Å². The van der Waals surface area contributed by atoms with Crippen molar-refractivity contribution in [2.75, 3.05) is 57.4 Å². The summed E-state index contributed by atoms with van der Waals surface area (Å²) in [5.41, 5.74) is 2.31. The number of ether oxygens (including phenoxy) is 4. The molecule has 0 saturated carbocycles. The quantitative estimate of drug-likeness (QED) is 0.498. The lowest BCUT2D eigenvalue weighted by atomic mass is 10.2. The van der Waals surface area contributed by atoms with Gasteiger partial charge < -0.3 is 33.7 Å². The van der Waals surface area contributed by atoms with E-state index in [1.54, 1.807) is 42.1 Å². The summed E-state index contributed by atoms with van der Waals surface area (Å²) in [7, 11) is 3.11. The molecule has 0 bridgehead atoms. The Morgan fingerprint density at radius 3 is 2.43 bits per heavy atom. The molecule has 3 aromatic rings. The number of fused-ring (bicyclic) bond motifs is 1. The number of carbonyl (C=O) groups excluding carboxylic acids is 1. The van der Waals surface area contributed by atoms with Gasteiger partial charge in [0.1, 0.15) is 12.3 Å². The van der Waals surface area contributed by atoms with E-state index in [2.05, 4.69) is 27.2 Å². The molecule has 37 heavy (non-hydrogen) atoms. The van der Waals surface area contributed by atoms with E-state index >= 15 is 0 Å². The van der Waals surface area contributed by atoms with Crippen molar-refractivity contribution in [1.82, 2.24) is 9.47 Å². The first-order chi connectivity index (χ1) is 18.0. The van der Waals surface area contributed by atoms with Crippen LogP contribution >= 0.6 is 0 Å². The highest BCUT2D eigenvalue weighted by molar-refractivity contribution is 5.91. The average molecular weight is 507 g/mol. The maximum Gasteiger partial charge on any atom is 0.244 e. The minimum Gasteiger partial charge on any atom is -0.497 e. The molecule has 1 saturated heterocycles. The molecule has 1 N–H and O–H groups in total. The standard InChI is InChI=1S/C27H30N4O6/c1-34-22-6-4-20(5-7-22)30-11-9-29(10-12-30)15-21-14-23(32)26(35-2)16-31(21)17-27(33)28-19-3-8-24-25(13-19)37-18-36-24/h3-8,13-14,16H,9-12,15,17-18H2,1-2H3,(H,28,33). The van der Waals surface area contributed by atoms with Crippen LogP contribution in [0.25, 0.3) is 0 Å². The highest BCUT2D eigenvalue weighted by Gasteiger charge is 2.20. The third kappa shape index (κ3) is 5.64. The molecule has 0 radical (unpaired) electrons. The number of methoxy groups -OCH3 is 2. The second kappa shape index (κ2) is 10.8. The summed E-state index contributed by atoms with van der Waals surface area (Å²) in [5.74, 6) is 2.05. The molecule has 5 rings (SSSR count). The zero-order chi connectivity index (χ0) is 25.8. The van der Waals surface area contributed by atoms with Crippen LogP contribution in [0, 0.1) is 0 Å². The lowest BCUT2D eigenvalue weighted by molar-refractivity contribution is -0.116. The normalized spacial score (nSPS) is 14.9. The van der Waals surface area contributed by atoms with Gasteiger partial charge in [-0.15, -0.1) is 0 Å². The highest BCUT2D eigenvalue weighted by Crippen LogP contribution is 2.34. The molecule has 1 fully saturated rings. The van der Waals surface area contributed by atoms with Crippen LogP contribution in [0.3, 0.4) is 0 Å². The Hall–Kier alpha value is -4.18. The van der Waals surface area contributed by atoms with Crippen LogP contribution in [0.15, 0.2) is 59.5 Å². The van der Waals surface area contributed by atoms with E-state index in [1.807, 2.05) is 12.1 Å². The molecule has 2 aromatic carbocycles. The molecule has 10 nitrogen and oxygen atoms in total. The topological polar surface area (TPSA) is 94.5 Å². The molecule has 3 heterocycles. The first-order valence-corrected chi connectivity index (χ1v) is 12.1. The monoisotopic (exact) mass is 506 g/mol. The van der Waals surface area contributed by atoms with Gasteiger partial charge in [0.15, 0.2) is 17.2 Å². The van der Waals surface area contributed by atoms with Crippen molar-refractivity contribution in [3.05, 3.63) is 70.6 Å². The minimum atomic E-state index is -0.227. The van der Waals surface area contributed by atoms with Crippen LogP contribution < -0.4 is 34.6 Å². The van der Waals surface area contributed by atoms with E-state index in [4.69, 9.17) is 18.9 Å². The van der Waals surface area contributed by atoms with Gasteiger partial charge in [-0.25, -0.2) is 0 Å². The number of benzene rings is 2. The van der Waals surface area contributed by atoms with Crippen LogP contribution in [-0.2, 0) is 17.9 Å². The van der Waals surface area contributed by atoms with Gasteiger partial charge in [0.05, 0.1) is 20.4 Å². The second-order valence-electron chi connectivity index (χ2n) is 8.90. The van der Waals surface area contributed by atoms with Gasteiger partial charge in [-0.2, -0.15) is 0 Å². The third-order valence-corrected chi connectivity index (χ3v) is 6.57. The zero-order valence-electron chi connectivity index (χ0n) is 20.9. The van der Waals surface area contributed by atoms with Crippen LogP contribution in [0.4, 0.5) is 11.4 Å². The molecule has 1 aromatic heterocycles. The van der Waals surface area contributed by atoms with Crippen molar-refractivity contribution < 1.29 is 23.7 Å². The molecular weight excluding hydrogens is 476 g/mol. The Labute approximate surface area is 214 Å².